The highest BCUT2D eigenvalue weighted by Gasteiger charge is 2.23. The molecule has 0 spiro atoms. The molecule has 9 heteroatoms. The summed E-state index contributed by atoms with van der Waals surface area (Å²) in [5, 5.41) is 9.31. The van der Waals surface area contributed by atoms with Gasteiger partial charge in [0.05, 0.1) is 19.8 Å². The summed E-state index contributed by atoms with van der Waals surface area (Å²) in [6.45, 7) is 7.11. The number of hydrogen-bond donors (Lipinski definition) is 3. The van der Waals surface area contributed by atoms with Gasteiger partial charge in [-0.1, -0.05) is 6.92 Å². The zero-order chi connectivity index (χ0) is 16.5. The number of carbonyl (C=O) groups excluding carboxylic acids is 2. The molecule has 0 saturated carbocycles. The number of nitrogens with zero attached hydrogens (tertiary/aromatic N) is 1. The fourth-order valence-corrected chi connectivity index (χ4v) is 3.02. The Labute approximate surface area is 162 Å². The summed E-state index contributed by atoms with van der Waals surface area (Å²) >= 11 is 0. The van der Waals surface area contributed by atoms with Crippen LogP contribution in [0.15, 0.2) is 0 Å². The van der Waals surface area contributed by atoms with Crippen LogP contribution in [0.4, 0.5) is 0 Å². The molecule has 2 saturated heterocycles. The Morgan fingerprint density at radius 1 is 1.20 bits per heavy atom. The fourth-order valence-electron chi connectivity index (χ4n) is 3.02. The molecule has 2 rings (SSSR count). The highest BCUT2D eigenvalue weighted by atomic mass is 35.5. The van der Waals surface area contributed by atoms with Crippen LogP contribution < -0.4 is 16.0 Å². The van der Waals surface area contributed by atoms with E-state index in [1.807, 2.05) is 6.92 Å². The van der Waals surface area contributed by atoms with Crippen LogP contribution in [-0.2, 0) is 14.3 Å². The smallest absolute Gasteiger partial charge is 0.234 e. The average molecular weight is 399 g/mol. The van der Waals surface area contributed by atoms with Gasteiger partial charge in [0, 0.05) is 44.7 Å². The van der Waals surface area contributed by atoms with Crippen molar-refractivity contribution in [2.24, 2.45) is 0 Å². The second-order valence-electron chi connectivity index (χ2n) is 6.40. The number of halogens is 2. The molecule has 25 heavy (non-hydrogen) atoms. The zero-order valence-electron chi connectivity index (χ0n) is 14.9. The van der Waals surface area contributed by atoms with Crippen LogP contribution in [0, 0.1) is 0 Å². The Kier molecular flexibility index (Phi) is 13.3. The van der Waals surface area contributed by atoms with Crippen LogP contribution in [0.1, 0.15) is 32.6 Å². The van der Waals surface area contributed by atoms with Gasteiger partial charge in [-0.2, -0.15) is 0 Å². The minimum absolute atomic E-state index is 0. The molecule has 2 heterocycles. The number of piperidine rings is 1. The molecule has 0 radical (unpaired) electrons. The lowest BCUT2D eigenvalue weighted by Crippen LogP contribution is -2.49. The van der Waals surface area contributed by atoms with Crippen LogP contribution in [-0.4, -0.2) is 74.7 Å². The maximum Gasteiger partial charge on any atom is 0.234 e. The normalized spacial score (nSPS) is 21.6. The van der Waals surface area contributed by atoms with E-state index in [0.29, 0.717) is 19.6 Å². The lowest BCUT2D eigenvalue weighted by atomic mass is 10.0. The van der Waals surface area contributed by atoms with Crippen molar-refractivity contribution in [2.75, 3.05) is 45.9 Å². The summed E-state index contributed by atoms with van der Waals surface area (Å²) in [6, 6.07) is 0.355. The maximum absolute atomic E-state index is 12.1. The van der Waals surface area contributed by atoms with Crippen molar-refractivity contribution in [1.29, 1.82) is 0 Å². The monoisotopic (exact) mass is 398 g/mol. The number of ether oxygens (including phenoxy) is 1. The van der Waals surface area contributed by atoms with Crippen molar-refractivity contribution < 1.29 is 14.3 Å². The molecule has 0 bridgehead atoms. The second-order valence-corrected chi connectivity index (χ2v) is 6.40. The molecule has 0 aromatic rings. The van der Waals surface area contributed by atoms with Crippen LogP contribution >= 0.6 is 24.8 Å². The van der Waals surface area contributed by atoms with Gasteiger partial charge < -0.3 is 20.7 Å². The summed E-state index contributed by atoms with van der Waals surface area (Å²) in [7, 11) is 0. The number of amides is 2. The van der Waals surface area contributed by atoms with E-state index < -0.39 is 0 Å². The molecule has 0 aromatic carbocycles. The molecule has 1 atom stereocenters. The molecule has 7 nitrogen and oxygen atoms in total. The summed E-state index contributed by atoms with van der Waals surface area (Å²) in [6.07, 6.45) is 3.24. The molecule has 2 fully saturated rings. The van der Waals surface area contributed by atoms with Gasteiger partial charge in [-0.3, -0.25) is 14.5 Å². The third-order valence-electron chi connectivity index (χ3n) is 4.32. The third-order valence-corrected chi connectivity index (χ3v) is 4.32. The van der Waals surface area contributed by atoms with Gasteiger partial charge in [-0.15, -0.1) is 24.8 Å². The van der Waals surface area contributed by atoms with E-state index in [1.54, 1.807) is 0 Å². The molecule has 2 aliphatic rings. The molecule has 0 aromatic heterocycles. The number of nitrogens with one attached hydrogen (secondary N) is 3. The summed E-state index contributed by atoms with van der Waals surface area (Å²) in [4.78, 5) is 25.9. The van der Waals surface area contributed by atoms with Gasteiger partial charge in [-0.05, 0) is 19.3 Å². The molecule has 2 amide bonds. The van der Waals surface area contributed by atoms with Gasteiger partial charge in [0.2, 0.25) is 11.8 Å². The van der Waals surface area contributed by atoms with Crippen LogP contribution in [0.3, 0.4) is 0 Å². The average Bonchev–Trinajstić information content (AvgIpc) is 2.55. The van der Waals surface area contributed by atoms with Gasteiger partial charge in [0.15, 0.2) is 0 Å². The van der Waals surface area contributed by atoms with Crippen LogP contribution in [0.2, 0.25) is 0 Å². The Balaban J connectivity index is 0.00000288. The molecule has 1 unspecified atom stereocenters. The molecule has 2 aliphatic heterocycles. The minimum Gasteiger partial charge on any atom is -0.378 e. The van der Waals surface area contributed by atoms with E-state index >= 15 is 0 Å². The second kappa shape index (κ2) is 13.6. The number of likely N-dealkylation sites (tertiary alicyclic amines) is 1. The van der Waals surface area contributed by atoms with Crippen molar-refractivity contribution >= 4 is 36.6 Å². The Morgan fingerprint density at radius 2 is 1.92 bits per heavy atom. The standard InChI is InChI=1S/C16H30N4O3.2ClH/c1-2-5-18-16(22)11-20-7-3-13(4-8-20)19-15(21)10-14-12-23-9-6-17-14;;/h13-14,17H,2-12H2,1H3,(H,18,22)(H,19,21);2*1H. The van der Waals surface area contributed by atoms with Crippen LogP contribution in [0.5, 0.6) is 0 Å². The van der Waals surface area contributed by atoms with Crippen LogP contribution in [0.25, 0.3) is 0 Å². The first-order valence-electron chi connectivity index (χ1n) is 8.77. The largest absolute Gasteiger partial charge is 0.378 e. The third kappa shape index (κ3) is 9.61. The van der Waals surface area contributed by atoms with Gasteiger partial charge in [-0.25, -0.2) is 0 Å². The number of carbonyl (C=O) groups is 2. The van der Waals surface area contributed by atoms with Gasteiger partial charge in [0.25, 0.3) is 0 Å². The minimum atomic E-state index is 0. The first-order valence-corrected chi connectivity index (χ1v) is 8.77. The van der Waals surface area contributed by atoms with E-state index in [0.717, 1.165) is 52.0 Å². The number of rotatable bonds is 7. The highest BCUT2D eigenvalue weighted by molar-refractivity contribution is 5.85. The van der Waals surface area contributed by atoms with Gasteiger partial charge >= 0.3 is 0 Å². The van der Waals surface area contributed by atoms with E-state index in [-0.39, 0.29) is 48.7 Å². The quantitative estimate of drug-likeness (QED) is 0.574. The van der Waals surface area contributed by atoms with Gasteiger partial charge in [0.1, 0.15) is 0 Å². The van der Waals surface area contributed by atoms with Crippen molar-refractivity contribution in [1.82, 2.24) is 20.9 Å². The maximum atomic E-state index is 12.1. The predicted octanol–water partition coefficient (Wildman–Crippen LogP) is 0.315. The molecule has 148 valence electrons. The van der Waals surface area contributed by atoms with Crippen molar-refractivity contribution in [2.45, 2.75) is 44.7 Å². The van der Waals surface area contributed by atoms with E-state index in [9.17, 15) is 9.59 Å². The number of hydrogen-bond acceptors (Lipinski definition) is 5. The van der Waals surface area contributed by atoms with Crippen molar-refractivity contribution in [3.63, 3.8) is 0 Å². The first-order chi connectivity index (χ1) is 11.2. The van der Waals surface area contributed by atoms with E-state index in [2.05, 4.69) is 20.9 Å². The summed E-state index contributed by atoms with van der Waals surface area (Å²) in [5.41, 5.74) is 0. The summed E-state index contributed by atoms with van der Waals surface area (Å²) < 4.78 is 5.36. The molecular formula is C16H32Cl2N4O3. The molecular weight excluding hydrogens is 367 g/mol. The van der Waals surface area contributed by atoms with E-state index in [4.69, 9.17) is 4.74 Å². The predicted molar refractivity (Wildman–Crippen MR) is 103 cm³/mol. The zero-order valence-corrected chi connectivity index (χ0v) is 16.6. The van der Waals surface area contributed by atoms with Crippen molar-refractivity contribution in [3.05, 3.63) is 0 Å². The summed E-state index contributed by atoms with van der Waals surface area (Å²) in [5.74, 6) is 0.185. The van der Waals surface area contributed by atoms with E-state index in [1.165, 1.54) is 0 Å². The highest BCUT2D eigenvalue weighted by Crippen LogP contribution is 2.10. The molecule has 0 aliphatic carbocycles. The Hall–Kier alpha value is -0.600. The molecule has 3 N–H and O–H groups in total. The Bertz CT molecular complexity index is 388. The van der Waals surface area contributed by atoms with Crippen molar-refractivity contribution in [3.8, 4) is 0 Å². The fraction of sp³-hybridized carbons (Fsp3) is 0.875. The SMILES string of the molecule is CCCNC(=O)CN1CCC(NC(=O)CC2COCCN2)CC1.Cl.Cl. The lowest BCUT2D eigenvalue weighted by molar-refractivity contribution is -0.124. The topological polar surface area (TPSA) is 82.7 Å². The number of morpholine rings is 1. The lowest BCUT2D eigenvalue weighted by Gasteiger charge is -2.32. The Morgan fingerprint density at radius 3 is 2.52 bits per heavy atom. The first kappa shape index (κ1) is 24.4.